The zero-order valence-electron chi connectivity index (χ0n) is 32.7. The van der Waals surface area contributed by atoms with E-state index in [1.54, 1.807) is 0 Å². The maximum Gasteiger partial charge on any atom is 0.143 e. The lowest BCUT2D eigenvalue weighted by atomic mass is 9.65. The Labute approximate surface area is 327 Å². The van der Waals surface area contributed by atoms with E-state index in [-0.39, 0.29) is 0 Å². The van der Waals surface area contributed by atoms with Gasteiger partial charge >= 0.3 is 0 Å². The summed E-state index contributed by atoms with van der Waals surface area (Å²) < 4.78 is 6.56. The van der Waals surface area contributed by atoms with Gasteiger partial charge in [0.25, 0.3) is 0 Å². The fraction of sp³-hybridized carbons (Fsp3) is 0.0222. The van der Waals surface area contributed by atoms with Crippen molar-refractivity contribution < 1.29 is 14.6 Å². The first kappa shape index (κ1) is 34.9. The highest BCUT2D eigenvalue weighted by Crippen LogP contribution is 2.47. The van der Waals surface area contributed by atoms with Gasteiger partial charge in [-0.15, -0.1) is 0 Å². The lowest BCUT2D eigenvalue weighted by Gasteiger charge is -2.20. The number of phenolic OH excluding ortho intramolecular Hbond substituents is 2. The summed E-state index contributed by atoms with van der Waals surface area (Å²) in [5, 5.41) is 29.0. The van der Waals surface area contributed by atoms with Crippen molar-refractivity contribution in [3.63, 3.8) is 0 Å². The fourth-order valence-corrected chi connectivity index (χ4v) is 9.10. The van der Waals surface area contributed by atoms with E-state index in [9.17, 15) is 10.2 Å². The minimum atomic E-state index is 0.340. The summed E-state index contributed by atoms with van der Waals surface area (Å²) in [7, 11) is 14.4. The molecule has 0 spiro atoms. The van der Waals surface area contributed by atoms with Crippen LogP contribution < -0.4 is 38.2 Å². The van der Waals surface area contributed by atoms with Crippen molar-refractivity contribution >= 4 is 137 Å². The molecule has 3 nitrogen and oxygen atoms in total. The Morgan fingerprint density at radius 3 is 1.49 bits per heavy atom. The van der Waals surface area contributed by atoms with Crippen molar-refractivity contribution in [2.45, 2.75) is 6.92 Å². The van der Waals surface area contributed by atoms with Crippen LogP contribution in [-0.2, 0) is 0 Å². The molecule has 2 N–H and O–H groups in total. The monoisotopic (exact) mass is 702 g/mol. The van der Waals surface area contributed by atoms with Crippen molar-refractivity contribution in [2.24, 2.45) is 0 Å². The number of benzene rings is 8. The number of hydrogen-bond acceptors (Lipinski definition) is 3. The van der Waals surface area contributed by atoms with Gasteiger partial charge in [-0.05, 0) is 91.2 Å². The van der Waals surface area contributed by atoms with Gasteiger partial charge in [-0.1, -0.05) is 129 Å². The highest BCUT2D eigenvalue weighted by atomic mass is 16.3. The molecule has 0 saturated heterocycles. The molecule has 55 heavy (non-hydrogen) atoms. The van der Waals surface area contributed by atoms with Crippen LogP contribution in [0.25, 0.3) is 88.0 Å². The van der Waals surface area contributed by atoms with E-state index in [0.717, 1.165) is 88.1 Å². The second kappa shape index (κ2) is 12.9. The second-order valence-electron chi connectivity index (χ2n) is 15.4. The first-order valence-corrected chi connectivity index (χ1v) is 19.1. The highest BCUT2D eigenvalue weighted by molar-refractivity contribution is 6.61. The SMILES string of the molecule is Bc1c(B)c(C)c(-c2ccc3oc4cccc(-c5c6ccccc6c(-c6ccc(-c7c(B)c(B)c(O)c(B)c7B)cc6)c6ccccc56)c4c3c2)c(O)c1B. The molecule has 9 aromatic rings. The highest BCUT2D eigenvalue weighted by Gasteiger charge is 2.22. The van der Waals surface area contributed by atoms with Gasteiger partial charge in [-0.25, -0.2) is 0 Å². The van der Waals surface area contributed by atoms with Gasteiger partial charge in [-0.3, -0.25) is 0 Å². The molecule has 9 rings (SSSR count). The molecule has 256 valence electrons. The van der Waals surface area contributed by atoms with Crippen LogP contribution in [0.4, 0.5) is 0 Å². The molecular weight excluding hydrogens is 664 g/mol. The van der Waals surface area contributed by atoms with E-state index in [4.69, 9.17) is 4.42 Å². The van der Waals surface area contributed by atoms with Gasteiger partial charge in [0.2, 0.25) is 0 Å². The summed E-state index contributed by atoms with van der Waals surface area (Å²) in [6.07, 6.45) is 0. The molecule has 10 heteroatoms. The van der Waals surface area contributed by atoms with Gasteiger partial charge in [0.1, 0.15) is 77.6 Å². The van der Waals surface area contributed by atoms with Crippen molar-refractivity contribution in [3.05, 3.63) is 115 Å². The molecule has 8 aromatic carbocycles. The number of furan rings is 1. The molecule has 0 radical (unpaired) electrons. The van der Waals surface area contributed by atoms with Crippen LogP contribution in [0, 0.1) is 6.92 Å². The van der Waals surface area contributed by atoms with Gasteiger partial charge in [0.05, 0.1) is 0 Å². The third-order valence-electron chi connectivity index (χ3n) is 12.7. The summed E-state index contributed by atoms with van der Waals surface area (Å²) in [4.78, 5) is 0. The third kappa shape index (κ3) is 5.14. The average Bonchev–Trinajstić information content (AvgIpc) is 3.59. The Morgan fingerprint density at radius 2 is 0.909 bits per heavy atom. The maximum atomic E-state index is 11.5. The quantitative estimate of drug-likeness (QED) is 0.202. The molecule has 0 amide bonds. The molecule has 0 bridgehead atoms. The molecule has 0 fully saturated rings. The van der Waals surface area contributed by atoms with Crippen LogP contribution in [-0.4, -0.2) is 65.1 Å². The molecular formula is C45H37B7O3. The molecule has 0 saturated carbocycles. The second-order valence-corrected chi connectivity index (χ2v) is 15.4. The number of rotatable bonds is 4. The Kier molecular flexibility index (Phi) is 8.16. The maximum absolute atomic E-state index is 11.5. The lowest BCUT2D eigenvalue weighted by Crippen LogP contribution is -2.42. The summed E-state index contributed by atoms with van der Waals surface area (Å²) >= 11 is 0. The van der Waals surface area contributed by atoms with E-state index in [1.807, 2.05) is 29.6 Å². The molecule has 1 heterocycles. The van der Waals surface area contributed by atoms with Crippen LogP contribution in [0.1, 0.15) is 5.56 Å². The summed E-state index contributed by atoms with van der Waals surface area (Å²) in [6, 6.07) is 39.1. The molecule has 0 aliphatic rings. The summed E-state index contributed by atoms with van der Waals surface area (Å²) in [6.45, 7) is 2.10. The molecule has 0 aliphatic heterocycles. The Bertz CT molecular complexity index is 2980. The zero-order chi connectivity index (χ0) is 38.4. The number of hydrogen-bond donors (Lipinski definition) is 2. The summed E-state index contributed by atoms with van der Waals surface area (Å²) in [5.74, 6) is 0.728. The zero-order valence-corrected chi connectivity index (χ0v) is 32.7. The van der Waals surface area contributed by atoms with Crippen LogP contribution in [0.3, 0.4) is 0 Å². The van der Waals surface area contributed by atoms with Crippen LogP contribution in [0.15, 0.2) is 114 Å². The minimum absolute atomic E-state index is 0.340. The first-order chi connectivity index (χ1) is 26.5. The molecule has 0 aliphatic carbocycles. The number of phenols is 2. The van der Waals surface area contributed by atoms with E-state index < -0.39 is 0 Å². The van der Waals surface area contributed by atoms with E-state index in [2.05, 4.69) is 141 Å². The smallest absolute Gasteiger partial charge is 0.143 e. The topological polar surface area (TPSA) is 53.6 Å². The predicted molar refractivity (Wildman–Crippen MR) is 256 cm³/mol. The predicted octanol–water partition coefficient (Wildman–Crippen LogP) is 0.0888. The van der Waals surface area contributed by atoms with Crippen LogP contribution in [0.5, 0.6) is 11.5 Å². The van der Waals surface area contributed by atoms with Crippen molar-refractivity contribution in [1.82, 2.24) is 0 Å². The molecule has 0 atom stereocenters. The largest absolute Gasteiger partial charge is 0.509 e. The lowest BCUT2D eigenvalue weighted by molar-refractivity contribution is 0.481. The van der Waals surface area contributed by atoms with Crippen molar-refractivity contribution in [3.8, 4) is 56.0 Å². The van der Waals surface area contributed by atoms with E-state index >= 15 is 0 Å². The van der Waals surface area contributed by atoms with Gasteiger partial charge in [-0.2, -0.15) is 0 Å². The Hall–Kier alpha value is -5.87. The Morgan fingerprint density at radius 1 is 0.400 bits per heavy atom. The molecule has 0 unspecified atom stereocenters. The van der Waals surface area contributed by atoms with Crippen molar-refractivity contribution in [1.29, 1.82) is 0 Å². The first-order valence-electron chi connectivity index (χ1n) is 19.1. The fourth-order valence-electron chi connectivity index (χ4n) is 9.10. The average molecular weight is 701 g/mol. The molecule has 1 aromatic heterocycles. The van der Waals surface area contributed by atoms with E-state index in [0.29, 0.717) is 11.5 Å². The van der Waals surface area contributed by atoms with Crippen LogP contribution >= 0.6 is 0 Å². The summed E-state index contributed by atoms with van der Waals surface area (Å²) in [5.41, 5.74) is 18.9. The van der Waals surface area contributed by atoms with Gasteiger partial charge in [0, 0.05) is 16.3 Å². The number of fused-ring (bicyclic) bond motifs is 5. The van der Waals surface area contributed by atoms with Gasteiger partial charge in [0.15, 0.2) is 0 Å². The normalized spacial score (nSPS) is 11.7. The minimum Gasteiger partial charge on any atom is -0.509 e. The third-order valence-corrected chi connectivity index (χ3v) is 12.7. The van der Waals surface area contributed by atoms with E-state index in [1.165, 1.54) is 43.7 Å². The Balaban J connectivity index is 1.29. The standard InChI is InChI=1S/C45H37B7O3/c1-20-32(44(53)43(52)40(49)37(20)46)23-17-18-30-29(19-23)36-28(11-6-12-31(36)55-30)35-26-9-4-2-7-24(26)33(25-8-3-5-10-27(25)35)21-13-15-22(16-14-21)34-38(47)41(50)45(54)42(51)39(34)48/h2-19,53-54H,46-52H2,1H3. The van der Waals surface area contributed by atoms with Crippen LogP contribution in [0.2, 0.25) is 0 Å². The van der Waals surface area contributed by atoms with Crippen molar-refractivity contribution in [2.75, 3.05) is 0 Å². The number of aromatic hydroxyl groups is 2. The van der Waals surface area contributed by atoms with Gasteiger partial charge < -0.3 is 14.6 Å².